The van der Waals surface area contributed by atoms with E-state index in [2.05, 4.69) is 0 Å². The van der Waals surface area contributed by atoms with Crippen molar-refractivity contribution in [3.63, 3.8) is 0 Å². The van der Waals surface area contributed by atoms with Gasteiger partial charge in [0.05, 0.1) is 0 Å². The van der Waals surface area contributed by atoms with Crippen LogP contribution >= 0.6 is 0 Å². The maximum absolute atomic E-state index is 8.80. The van der Waals surface area contributed by atoms with E-state index in [1.165, 1.54) is 0 Å². The largest absolute Gasteiger partial charge is 3.00 e. The molecular formula is H2Lu2O8Si2. The molecule has 8 nitrogen and oxygen atoms in total. The van der Waals surface area contributed by atoms with Crippen LogP contribution in [-0.4, -0.2) is 27.7 Å². The van der Waals surface area contributed by atoms with Gasteiger partial charge >= 0.3 is 73.7 Å². The van der Waals surface area contributed by atoms with Crippen molar-refractivity contribution < 1.29 is 112 Å². The van der Waals surface area contributed by atoms with Crippen LogP contribution in [0.5, 0.6) is 0 Å². The third-order valence-corrected chi connectivity index (χ3v) is 0. The molecule has 0 unspecified atom stereocenters. The summed E-state index contributed by atoms with van der Waals surface area (Å²) in [6, 6.07) is 0. The Balaban J connectivity index is -0.0000000457. The molecule has 0 saturated carbocycles. The second-order valence-electron chi connectivity index (χ2n) is 1.05. The average molecular weight is 536 g/mol. The summed E-state index contributed by atoms with van der Waals surface area (Å²) < 4.78 is 0. The quantitative estimate of drug-likeness (QED) is 0.287. The summed E-state index contributed by atoms with van der Waals surface area (Å²) >= 11 is 0. The Bertz CT molecular complexity index is 58.0. The molecule has 0 radical (unpaired) electrons. The SMILES string of the molecule is [Lu+3].[Lu+3].[O-][Si]([O-])(O)O.[O-][Si]([O-])([O-])[O-]. The zero-order valence-corrected chi connectivity index (χ0v) is 10.2. The molecule has 12 heteroatoms. The molecule has 0 rings (SSSR count). The molecule has 0 spiro atoms. The average Bonchev–Trinajstić information content (AvgIpc) is 1.12. The molecule has 2 N–H and O–H groups in total. The zero-order valence-electron chi connectivity index (χ0n) is 4.86. The molecule has 88 valence electrons. The first-order valence-corrected chi connectivity index (χ1v) is 5.02. The molecule has 0 amide bonds. The number of hydrogen-bond donors (Lipinski definition) is 2. The normalized spacial score (nSPS) is 10.0. The third-order valence-electron chi connectivity index (χ3n) is 0. The third kappa shape index (κ3) is 253. The molecule has 0 aromatic rings. The molecule has 0 aliphatic rings. The van der Waals surface area contributed by atoms with Crippen molar-refractivity contribution >= 4 is 18.1 Å². The van der Waals surface area contributed by atoms with Crippen LogP contribution < -0.4 is 28.8 Å². The van der Waals surface area contributed by atoms with Crippen molar-refractivity contribution in [3.05, 3.63) is 0 Å². The van der Waals surface area contributed by atoms with Gasteiger partial charge < -0.3 is 47.4 Å². The maximum Gasteiger partial charge on any atom is 3.00 e. The predicted octanol–water partition coefficient (Wildman–Crippen LogP) is -9.01. The molecule has 12 heavy (non-hydrogen) atoms. The predicted molar refractivity (Wildman–Crippen MR) is 15.9 cm³/mol. The van der Waals surface area contributed by atoms with Crippen molar-refractivity contribution in [1.29, 1.82) is 0 Å². The molecule has 0 heterocycles. The van der Waals surface area contributed by atoms with Gasteiger partial charge in [-0.3, -0.25) is 0 Å². The second kappa shape index (κ2) is 10.1. The molecule has 0 aliphatic carbocycles. The summed E-state index contributed by atoms with van der Waals surface area (Å²) in [6.07, 6.45) is 0. The molecule has 0 aromatic heterocycles. The van der Waals surface area contributed by atoms with E-state index in [4.69, 9.17) is 38.4 Å². The molecule has 0 saturated heterocycles. The van der Waals surface area contributed by atoms with Gasteiger partial charge in [0.25, 0.3) is 0 Å². The van der Waals surface area contributed by atoms with Crippen LogP contribution in [0.3, 0.4) is 0 Å². The first kappa shape index (κ1) is 24.0. The van der Waals surface area contributed by atoms with E-state index in [-0.39, 0.29) is 73.7 Å². The summed E-state index contributed by atoms with van der Waals surface area (Å²) in [7, 11) is -10.7. The van der Waals surface area contributed by atoms with Crippen molar-refractivity contribution in [1.82, 2.24) is 0 Å². The number of rotatable bonds is 0. The van der Waals surface area contributed by atoms with Crippen LogP contribution in [-0.2, 0) is 0 Å². The van der Waals surface area contributed by atoms with E-state index >= 15 is 0 Å². The van der Waals surface area contributed by atoms with Crippen LogP contribution in [0.25, 0.3) is 0 Å². The zero-order chi connectivity index (χ0) is 9.00. The summed E-state index contributed by atoms with van der Waals surface area (Å²) in [4.78, 5) is 66.1. The molecule has 0 fully saturated rings. The van der Waals surface area contributed by atoms with Gasteiger partial charge in [-0.1, -0.05) is 0 Å². The van der Waals surface area contributed by atoms with Gasteiger partial charge in [-0.15, -0.1) is 0 Å². The van der Waals surface area contributed by atoms with Crippen LogP contribution in [0.15, 0.2) is 0 Å². The monoisotopic (exact) mass is 536 g/mol. The van der Waals surface area contributed by atoms with Crippen LogP contribution in [0.4, 0.5) is 0 Å². The fraction of sp³-hybridized carbons (Fsp3) is 0. The Morgan fingerprint density at radius 1 is 0.667 bits per heavy atom. The maximum atomic E-state index is 8.80. The van der Waals surface area contributed by atoms with Crippen LogP contribution in [0, 0.1) is 73.7 Å². The topological polar surface area (TPSA) is 179 Å². The second-order valence-corrected chi connectivity index (χ2v) is 3.15. The van der Waals surface area contributed by atoms with E-state index < -0.39 is 18.1 Å². The summed E-state index contributed by atoms with van der Waals surface area (Å²) in [6.45, 7) is 0. The minimum atomic E-state index is -5.61. The minimum Gasteiger partial charge on any atom is -0.894 e. The van der Waals surface area contributed by atoms with Crippen LogP contribution in [0.1, 0.15) is 0 Å². The van der Waals surface area contributed by atoms with E-state index in [0.717, 1.165) is 0 Å². The first-order valence-electron chi connectivity index (χ1n) is 1.67. The van der Waals surface area contributed by atoms with Crippen molar-refractivity contribution in [3.8, 4) is 0 Å². The Labute approximate surface area is 128 Å². The molecular weight excluding hydrogens is 534 g/mol. The smallest absolute Gasteiger partial charge is 0.894 e. The Kier molecular flexibility index (Phi) is 20.2. The summed E-state index contributed by atoms with van der Waals surface area (Å²) in [5.74, 6) is 0. The fourth-order valence-electron chi connectivity index (χ4n) is 0. The van der Waals surface area contributed by atoms with Gasteiger partial charge in [0, 0.05) is 0 Å². The van der Waals surface area contributed by atoms with Gasteiger partial charge in [0.1, 0.15) is 9.05 Å². The van der Waals surface area contributed by atoms with Gasteiger partial charge in [0.2, 0.25) is 0 Å². The minimum absolute atomic E-state index is 0. The van der Waals surface area contributed by atoms with E-state index in [9.17, 15) is 0 Å². The van der Waals surface area contributed by atoms with Gasteiger partial charge in [-0.25, -0.2) is 0 Å². The fourth-order valence-corrected chi connectivity index (χ4v) is 0. The Morgan fingerprint density at radius 2 is 0.667 bits per heavy atom. The summed E-state index contributed by atoms with van der Waals surface area (Å²) in [5.41, 5.74) is 0. The van der Waals surface area contributed by atoms with Crippen molar-refractivity contribution in [2.75, 3.05) is 0 Å². The van der Waals surface area contributed by atoms with Crippen molar-refractivity contribution in [2.45, 2.75) is 0 Å². The summed E-state index contributed by atoms with van der Waals surface area (Å²) in [5, 5.41) is 0. The van der Waals surface area contributed by atoms with E-state index in [1.807, 2.05) is 0 Å². The first-order chi connectivity index (χ1) is 4.00. The molecule has 0 aromatic carbocycles. The Morgan fingerprint density at radius 3 is 0.667 bits per heavy atom. The van der Waals surface area contributed by atoms with Crippen LogP contribution in [0.2, 0.25) is 0 Å². The standard InChI is InChI=1S/2Lu.H2O4Si.O4Si/c;;2*1-5(2,3)4/h;;1-2H;/q2*+3;-2;-4. The van der Waals surface area contributed by atoms with E-state index in [1.54, 1.807) is 0 Å². The molecule has 0 atom stereocenters. The van der Waals surface area contributed by atoms with Crippen molar-refractivity contribution in [2.24, 2.45) is 0 Å². The van der Waals surface area contributed by atoms with Gasteiger partial charge in [0.15, 0.2) is 0 Å². The molecule has 0 aliphatic heterocycles. The number of hydrogen-bond acceptors (Lipinski definition) is 8. The Hall–Kier alpha value is 2.58. The molecule has 0 bridgehead atoms. The van der Waals surface area contributed by atoms with Gasteiger partial charge in [-0.05, 0) is 0 Å². The van der Waals surface area contributed by atoms with Gasteiger partial charge in [-0.2, -0.15) is 0 Å². The van der Waals surface area contributed by atoms with E-state index in [0.29, 0.717) is 0 Å².